The Bertz CT molecular complexity index is 981. The van der Waals surface area contributed by atoms with Gasteiger partial charge in [0.15, 0.2) is 0 Å². The lowest BCUT2D eigenvalue weighted by molar-refractivity contribution is 0.659. The Morgan fingerprint density at radius 3 is 2.70 bits per heavy atom. The van der Waals surface area contributed by atoms with Gasteiger partial charge in [0.05, 0.1) is 11.7 Å². The Hall–Kier alpha value is -2.52. The molecule has 0 bridgehead atoms. The average molecular weight is 376 g/mol. The molecule has 4 heteroatoms. The molecule has 27 heavy (non-hydrogen) atoms. The highest BCUT2D eigenvalue weighted by Gasteiger charge is 2.22. The second kappa shape index (κ2) is 6.90. The van der Waals surface area contributed by atoms with Gasteiger partial charge in [-0.2, -0.15) is 0 Å². The van der Waals surface area contributed by atoms with Gasteiger partial charge in [0, 0.05) is 22.8 Å². The van der Waals surface area contributed by atoms with Crippen molar-refractivity contribution in [1.82, 2.24) is 4.98 Å². The van der Waals surface area contributed by atoms with Crippen LogP contribution in [0.5, 0.6) is 0 Å². The molecule has 0 radical (unpaired) electrons. The Morgan fingerprint density at radius 2 is 1.81 bits per heavy atom. The first kappa shape index (κ1) is 16.6. The van der Waals surface area contributed by atoms with Crippen molar-refractivity contribution in [3.8, 4) is 11.3 Å². The summed E-state index contributed by atoms with van der Waals surface area (Å²) in [6.07, 6.45) is 4.53. The Morgan fingerprint density at radius 1 is 0.926 bits per heavy atom. The van der Waals surface area contributed by atoms with Crippen LogP contribution in [0.1, 0.15) is 35.6 Å². The van der Waals surface area contributed by atoms with Gasteiger partial charge in [0.2, 0.25) is 0 Å². The van der Waals surface area contributed by atoms with Crippen LogP contribution in [-0.4, -0.2) is 11.5 Å². The number of hydrogen-bond acceptors (Lipinski definition) is 3. The Labute approximate surface area is 164 Å². The molecule has 1 atom stereocenters. The van der Waals surface area contributed by atoms with Crippen LogP contribution < -0.4 is 10.6 Å². The van der Waals surface area contributed by atoms with Crippen LogP contribution >= 0.6 is 11.6 Å². The van der Waals surface area contributed by atoms with Crippen LogP contribution in [0.3, 0.4) is 0 Å². The molecule has 2 N–H and O–H groups in total. The van der Waals surface area contributed by atoms with Crippen LogP contribution in [0, 0.1) is 0 Å². The number of aryl methyl sites for hydroxylation is 2. The van der Waals surface area contributed by atoms with Gasteiger partial charge < -0.3 is 10.6 Å². The summed E-state index contributed by atoms with van der Waals surface area (Å²) < 4.78 is 0. The van der Waals surface area contributed by atoms with Crippen LogP contribution in [0.15, 0.2) is 54.6 Å². The van der Waals surface area contributed by atoms with Crippen LogP contribution in [-0.2, 0) is 12.8 Å². The van der Waals surface area contributed by atoms with E-state index < -0.39 is 0 Å². The van der Waals surface area contributed by atoms with Gasteiger partial charge in [-0.3, -0.25) is 0 Å². The van der Waals surface area contributed by atoms with Gasteiger partial charge in [-0.15, -0.1) is 0 Å². The summed E-state index contributed by atoms with van der Waals surface area (Å²) in [4.78, 5) is 4.91. The number of anilines is 2. The van der Waals surface area contributed by atoms with E-state index in [0.717, 1.165) is 41.5 Å². The predicted molar refractivity (Wildman–Crippen MR) is 113 cm³/mol. The van der Waals surface area contributed by atoms with Gasteiger partial charge in [-0.25, -0.2) is 4.98 Å². The number of aromatic nitrogens is 1. The molecule has 3 heterocycles. The van der Waals surface area contributed by atoms with E-state index in [4.69, 9.17) is 16.6 Å². The summed E-state index contributed by atoms with van der Waals surface area (Å²) in [5.74, 6) is 1.01. The zero-order valence-corrected chi connectivity index (χ0v) is 15.9. The third kappa shape index (κ3) is 3.28. The standard InChI is InChI=1S/C23H22ClN3/c24-19-8-3-15(4-9-19)21-11-5-16-6-12-22(27-23(16)26-21)18-7-10-20-17(14-18)2-1-13-25-20/h3-5,7-11,14,22,25H,1-2,6,12-13H2,(H,26,27)/t22-/m1/s1. The van der Waals surface area contributed by atoms with Gasteiger partial charge in [0.25, 0.3) is 0 Å². The van der Waals surface area contributed by atoms with Crippen molar-refractivity contribution in [2.75, 3.05) is 17.2 Å². The topological polar surface area (TPSA) is 37.0 Å². The first-order chi connectivity index (χ1) is 13.3. The second-order valence-electron chi connectivity index (χ2n) is 7.39. The quantitative estimate of drug-likeness (QED) is 0.589. The van der Waals surface area contributed by atoms with E-state index in [1.54, 1.807) is 0 Å². The molecule has 0 fully saturated rings. The second-order valence-corrected chi connectivity index (χ2v) is 7.83. The number of hydrogen-bond donors (Lipinski definition) is 2. The van der Waals surface area contributed by atoms with E-state index >= 15 is 0 Å². The molecule has 2 aliphatic rings. The van der Waals surface area contributed by atoms with E-state index in [-0.39, 0.29) is 0 Å². The fourth-order valence-corrected chi connectivity index (χ4v) is 4.22. The van der Waals surface area contributed by atoms with Gasteiger partial charge >= 0.3 is 0 Å². The first-order valence-electron chi connectivity index (χ1n) is 9.65. The summed E-state index contributed by atoms with van der Waals surface area (Å²) >= 11 is 6.01. The monoisotopic (exact) mass is 375 g/mol. The molecule has 0 aliphatic carbocycles. The number of halogens is 1. The number of pyridine rings is 1. The number of fused-ring (bicyclic) bond motifs is 2. The summed E-state index contributed by atoms with van der Waals surface area (Å²) in [5.41, 5.74) is 7.46. The summed E-state index contributed by atoms with van der Waals surface area (Å²) in [5, 5.41) is 7.93. The molecule has 0 unspecified atom stereocenters. The molecular weight excluding hydrogens is 354 g/mol. The van der Waals surface area contributed by atoms with Crippen molar-refractivity contribution in [1.29, 1.82) is 0 Å². The van der Waals surface area contributed by atoms with E-state index in [2.05, 4.69) is 41.0 Å². The molecule has 0 amide bonds. The maximum Gasteiger partial charge on any atom is 0.130 e. The Kier molecular flexibility index (Phi) is 4.25. The molecule has 1 aromatic heterocycles. The fraction of sp³-hybridized carbons (Fsp3) is 0.261. The molecule has 3 aromatic rings. The molecule has 2 aliphatic heterocycles. The minimum absolute atomic E-state index is 0.317. The zero-order valence-electron chi connectivity index (χ0n) is 15.1. The van der Waals surface area contributed by atoms with Gasteiger partial charge in [-0.05, 0) is 66.6 Å². The maximum atomic E-state index is 6.01. The van der Waals surface area contributed by atoms with Crippen molar-refractivity contribution in [3.63, 3.8) is 0 Å². The van der Waals surface area contributed by atoms with Crippen molar-refractivity contribution >= 4 is 23.1 Å². The first-order valence-corrected chi connectivity index (χ1v) is 10.0. The number of nitrogens with one attached hydrogen (secondary N) is 2. The number of nitrogens with zero attached hydrogens (tertiary/aromatic N) is 1. The SMILES string of the molecule is Clc1ccc(-c2ccc3c(n2)N[C@@H](c2ccc4c(c2)CCCN4)CC3)cc1. The molecule has 0 saturated heterocycles. The summed E-state index contributed by atoms with van der Waals surface area (Å²) in [7, 11) is 0. The highest BCUT2D eigenvalue weighted by Crippen LogP contribution is 2.35. The molecular formula is C23H22ClN3. The molecule has 0 saturated carbocycles. The number of benzene rings is 2. The maximum absolute atomic E-state index is 6.01. The third-order valence-corrected chi connectivity index (χ3v) is 5.85. The smallest absolute Gasteiger partial charge is 0.130 e. The van der Waals surface area contributed by atoms with E-state index in [0.29, 0.717) is 6.04 Å². The predicted octanol–water partition coefficient (Wildman–Crippen LogP) is 5.86. The van der Waals surface area contributed by atoms with Crippen molar-refractivity contribution in [3.05, 3.63) is 76.3 Å². The number of rotatable bonds is 2. The minimum Gasteiger partial charge on any atom is -0.385 e. The third-order valence-electron chi connectivity index (χ3n) is 5.60. The van der Waals surface area contributed by atoms with Crippen molar-refractivity contribution < 1.29 is 0 Å². The van der Waals surface area contributed by atoms with Crippen molar-refractivity contribution in [2.24, 2.45) is 0 Å². The van der Waals surface area contributed by atoms with Gasteiger partial charge in [0.1, 0.15) is 5.82 Å². The molecule has 2 aromatic carbocycles. The average Bonchev–Trinajstić information content (AvgIpc) is 2.73. The van der Waals surface area contributed by atoms with E-state index in [1.807, 2.05) is 24.3 Å². The van der Waals surface area contributed by atoms with Crippen molar-refractivity contribution in [2.45, 2.75) is 31.7 Å². The molecule has 5 rings (SSSR count). The summed E-state index contributed by atoms with van der Waals surface area (Å²) in [6.45, 7) is 1.08. The fourth-order valence-electron chi connectivity index (χ4n) is 4.09. The zero-order chi connectivity index (χ0) is 18.2. The van der Waals surface area contributed by atoms with E-state index in [9.17, 15) is 0 Å². The highest BCUT2D eigenvalue weighted by molar-refractivity contribution is 6.30. The Balaban J connectivity index is 1.43. The minimum atomic E-state index is 0.317. The lowest BCUT2D eigenvalue weighted by Crippen LogP contribution is -2.20. The van der Waals surface area contributed by atoms with Crippen LogP contribution in [0.2, 0.25) is 5.02 Å². The molecule has 136 valence electrons. The van der Waals surface area contributed by atoms with Gasteiger partial charge in [-0.1, -0.05) is 41.9 Å². The lowest BCUT2D eigenvalue weighted by Gasteiger charge is -2.28. The molecule has 3 nitrogen and oxygen atoms in total. The largest absolute Gasteiger partial charge is 0.385 e. The normalized spacial score (nSPS) is 18.0. The van der Waals surface area contributed by atoms with E-state index in [1.165, 1.54) is 35.2 Å². The highest BCUT2D eigenvalue weighted by atomic mass is 35.5. The lowest BCUT2D eigenvalue weighted by atomic mass is 9.92. The summed E-state index contributed by atoms with van der Waals surface area (Å²) in [6, 6.07) is 19.3. The molecule has 0 spiro atoms. The van der Waals surface area contributed by atoms with Crippen LogP contribution in [0.25, 0.3) is 11.3 Å². The van der Waals surface area contributed by atoms with Crippen LogP contribution in [0.4, 0.5) is 11.5 Å².